The number of amides is 1. The predicted molar refractivity (Wildman–Crippen MR) is 113 cm³/mol. The van der Waals surface area contributed by atoms with Crippen molar-refractivity contribution in [1.82, 2.24) is 10.0 Å². The highest BCUT2D eigenvalue weighted by atomic mass is 79.9. The van der Waals surface area contributed by atoms with E-state index in [1.807, 2.05) is 37.3 Å². The Morgan fingerprint density at radius 2 is 1.79 bits per heavy atom. The van der Waals surface area contributed by atoms with Crippen LogP contribution in [0, 0.1) is 0 Å². The zero-order valence-corrected chi connectivity index (χ0v) is 18.1. The first-order valence-electron chi connectivity index (χ1n) is 9.09. The number of carbonyl (C=O) groups is 1. The molecule has 0 saturated heterocycles. The first kappa shape index (κ1) is 22.5. The summed E-state index contributed by atoms with van der Waals surface area (Å²) in [5.74, 6) is -0.360. The SMILES string of the molecule is CCOCCCNC(=O)[C@@H](Cc1ccccc1)NS(=O)(=O)c1ccc(Br)cc1. The summed E-state index contributed by atoms with van der Waals surface area (Å²) in [5.41, 5.74) is 0.871. The lowest BCUT2D eigenvalue weighted by atomic mass is 10.1. The monoisotopic (exact) mass is 468 g/mol. The predicted octanol–water partition coefficient (Wildman–Crippen LogP) is 2.88. The van der Waals surface area contributed by atoms with Gasteiger partial charge < -0.3 is 10.1 Å². The fourth-order valence-corrected chi connectivity index (χ4v) is 4.02. The highest BCUT2D eigenvalue weighted by molar-refractivity contribution is 9.10. The molecule has 0 bridgehead atoms. The first-order valence-corrected chi connectivity index (χ1v) is 11.4. The van der Waals surface area contributed by atoms with Gasteiger partial charge in [-0.3, -0.25) is 4.79 Å². The number of hydrogen-bond acceptors (Lipinski definition) is 4. The van der Waals surface area contributed by atoms with Gasteiger partial charge in [0.2, 0.25) is 15.9 Å². The lowest BCUT2D eigenvalue weighted by Crippen LogP contribution is -2.48. The number of benzene rings is 2. The van der Waals surface area contributed by atoms with E-state index in [0.29, 0.717) is 26.2 Å². The van der Waals surface area contributed by atoms with Crippen LogP contribution in [0.2, 0.25) is 0 Å². The number of hydrogen-bond donors (Lipinski definition) is 2. The fourth-order valence-electron chi connectivity index (χ4n) is 2.56. The van der Waals surface area contributed by atoms with Crippen LogP contribution in [-0.2, 0) is 26.0 Å². The van der Waals surface area contributed by atoms with Crippen LogP contribution in [0.4, 0.5) is 0 Å². The van der Waals surface area contributed by atoms with Crippen molar-refractivity contribution in [2.24, 2.45) is 0 Å². The molecule has 0 saturated carbocycles. The van der Waals surface area contributed by atoms with Crippen molar-refractivity contribution in [2.45, 2.75) is 30.7 Å². The Kier molecular flexibility index (Phi) is 9.11. The van der Waals surface area contributed by atoms with Crippen molar-refractivity contribution in [1.29, 1.82) is 0 Å². The number of carbonyl (C=O) groups excluding carboxylic acids is 1. The van der Waals surface area contributed by atoms with E-state index < -0.39 is 16.1 Å². The summed E-state index contributed by atoms with van der Waals surface area (Å²) < 4.78 is 34.0. The maximum Gasteiger partial charge on any atom is 0.241 e. The highest BCUT2D eigenvalue weighted by Crippen LogP contribution is 2.15. The third-order valence-electron chi connectivity index (χ3n) is 3.99. The van der Waals surface area contributed by atoms with E-state index in [4.69, 9.17) is 4.74 Å². The summed E-state index contributed by atoms with van der Waals surface area (Å²) in [6.45, 7) is 3.50. The van der Waals surface area contributed by atoms with Gasteiger partial charge in [0.15, 0.2) is 0 Å². The molecule has 0 aliphatic carbocycles. The summed E-state index contributed by atoms with van der Waals surface area (Å²) in [7, 11) is -3.84. The summed E-state index contributed by atoms with van der Waals surface area (Å²) in [5, 5.41) is 2.79. The van der Waals surface area contributed by atoms with Crippen LogP contribution < -0.4 is 10.0 Å². The van der Waals surface area contributed by atoms with Gasteiger partial charge in [-0.2, -0.15) is 4.72 Å². The van der Waals surface area contributed by atoms with Crippen LogP contribution in [0.15, 0.2) is 64.0 Å². The Hall–Kier alpha value is -1.74. The number of ether oxygens (including phenoxy) is 1. The summed E-state index contributed by atoms with van der Waals surface area (Å²) in [6, 6.07) is 14.7. The molecule has 0 fully saturated rings. The van der Waals surface area contributed by atoms with Crippen LogP contribution in [0.25, 0.3) is 0 Å². The molecule has 2 rings (SSSR count). The van der Waals surface area contributed by atoms with Crippen LogP contribution in [-0.4, -0.2) is 40.1 Å². The Morgan fingerprint density at radius 1 is 1.11 bits per heavy atom. The van der Waals surface area contributed by atoms with Crippen LogP contribution >= 0.6 is 15.9 Å². The topological polar surface area (TPSA) is 84.5 Å². The van der Waals surface area contributed by atoms with Gasteiger partial charge in [0, 0.05) is 24.2 Å². The van der Waals surface area contributed by atoms with Gasteiger partial charge in [0.25, 0.3) is 0 Å². The van der Waals surface area contributed by atoms with Crippen molar-refractivity contribution >= 4 is 31.9 Å². The second-order valence-electron chi connectivity index (χ2n) is 6.16. The molecule has 2 N–H and O–H groups in total. The molecule has 2 aromatic rings. The maximum absolute atomic E-state index is 12.7. The normalized spacial score (nSPS) is 12.5. The molecular formula is C20H25BrN2O4S. The molecular weight excluding hydrogens is 444 g/mol. The van der Waals surface area contributed by atoms with Gasteiger partial charge in [-0.1, -0.05) is 46.3 Å². The van der Waals surface area contributed by atoms with Gasteiger partial charge in [0.1, 0.15) is 6.04 Å². The molecule has 0 radical (unpaired) electrons. The van der Waals surface area contributed by atoms with Crippen molar-refractivity contribution in [3.63, 3.8) is 0 Å². The molecule has 28 heavy (non-hydrogen) atoms. The smallest absolute Gasteiger partial charge is 0.241 e. The third kappa shape index (κ3) is 7.35. The average molecular weight is 469 g/mol. The number of halogens is 1. The average Bonchev–Trinajstić information content (AvgIpc) is 2.68. The van der Waals surface area contributed by atoms with Gasteiger partial charge in [-0.15, -0.1) is 0 Å². The van der Waals surface area contributed by atoms with Crippen LogP contribution in [0.3, 0.4) is 0 Å². The number of sulfonamides is 1. The maximum atomic E-state index is 12.7. The standard InChI is InChI=1S/C20H25BrN2O4S/c1-2-27-14-6-13-22-20(24)19(15-16-7-4-3-5-8-16)23-28(25,26)18-11-9-17(21)10-12-18/h3-5,7-12,19,23H,2,6,13-15H2,1H3,(H,22,24)/t19-/m1/s1. The number of rotatable bonds is 11. The van der Waals surface area contributed by atoms with Gasteiger partial charge in [-0.25, -0.2) is 8.42 Å². The lowest BCUT2D eigenvalue weighted by molar-refractivity contribution is -0.122. The molecule has 8 heteroatoms. The third-order valence-corrected chi connectivity index (χ3v) is 6.01. The molecule has 0 aliphatic rings. The van der Waals surface area contributed by atoms with Crippen molar-refractivity contribution < 1.29 is 17.9 Å². The molecule has 152 valence electrons. The minimum absolute atomic E-state index is 0.109. The zero-order valence-electron chi connectivity index (χ0n) is 15.7. The Labute approximate surface area is 174 Å². The second-order valence-corrected chi connectivity index (χ2v) is 8.79. The number of nitrogens with one attached hydrogen (secondary N) is 2. The summed E-state index contributed by atoms with van der Waals surface area (Å²) >= 11 is 3.29. The van der Waals surface area contributed by atoms with Crippen LogP contribution in [0.5, 0.6) is 0 Å². The quantitative estimate of drug-likeness (QED) is 0.496. The van der Waals surface area contributed by atoms with Crippen molar-refractivity contribution in [2.75, 3.05) is 19.8 Å². The van der Waals surface area contributed by atoms with Crippen LogP contribution in [0.1, 0.15) is 18.9 Å². The van der Waals surface area contributed by atoms with Gasteiger partial charge in [0.05, 0.1) is 4.90 Å². The largest absolute Gasteiger partial charge is 0.382 e. The Balaban J connectivity index is 2.10. The van der Waals surface area contributed by atoms with Gasteiger partial charge in [-0.05, 0) is 49.6 Å². The first-order chi connectivity index (χ1) is 13.4. The Morgan fingerprint density at radius 3 is 2.43 bits per heavy atom. The van der Waals surface area contributed by atoms with E-state index in [1.165, 1.54) is 12.1 Å². The van der Waals surface area contributed by atoms with Crippen molar-refractivity contribution in [3.05, 3.63) is 64.6 Å². The molecule has 0 unspecified atom stereocenters. The highest BCUT2D eigenvalue weighted by Gasteiger charge is 2.25. The fraction of sp³-hybridized carbons (Fsp3) is 0.350. The molecule has 6 nitrogen and oxygen atoms in total. The van der Waals surface area contributed by atoms with E-state index >= 15 is 0 Å². The lowest BCUT2D eigenvalue weighted by Gasteiger charge is -2.19. The minimum atomic E-state index is -3.84. The molecule has 1 atom stereocenters. The molecule has 2 aromatic carbocycles. The zero-order chi connectivity index (χ0) is 20.4. The van der Waals surface area contributed by atoms with E-state index in [-0.39, 0.29) is 17.2 Å². The summed E-state index contributed by atoms with van der Waals surface area (Å²) in [6.07, 6.45) is 0.922. The minimum Gasteiger partial charge on any atom is -0.382 e. The van der Waals surface area contributed by atoms with E-state index in [2.05, 4.69) is 26.0 Å². The van der Waals surface area contributed by atoms with Gasteiger partial charge >= 0.3 is 0 Å². The van der Waals surface area contributed by atoms with Crippen molar-refractivity contribution in [3.8, 4) is 0 Å². The Bertz CT molecular complexity index is 842. The molecule has 0 spiro atoms. The molecule has 0 aliphatic heterocycles. The molecule has 0 aromatic heterocycles. The van der Waals surface area contributed by atoms with E-state index in [1.54, 1.807) is 12.1 Å². The summed E-state index contributed by atoms with van der Waals surface area (Å²) in [4.78, 5) is 12.8. The van der Waals surface area contributed by atoms with E-state index in [0.717, 1.165) is 10.0 Å². The second kappa shape index (κ2) is 11.3. The van der Waals surface area contributed by atoms with E-state index in [9.17, 15) is 13.2 Å². The molecule has 1 amide bonds. The molecule has 0 heterocycles.